The number of ether oxygens (including phenoxy) is 1. The highest BCUT2D eigenvalue weighted by atomic mass is 19.4. The van der Waals surface area contributed by atoms with Crippen LogP contribution in [0.2, 0.25) is 0 Å². The molecule has 2 heterocycles. The van der Waals surface area contributed by atoms with Gasteiger partial charge >= 0.3 is 6.18 Å². The normalized spacial score (nSPS) is 12.8. The third-order valence-electron chi connectivity index (χ3n) is 5.76. The van der Waals surface area contributed by atoms with Crippen molar-refractivity contribution in [1.82, 2.24) is 20.3 Å². The van der Waals surface area contributed by atoms with Crippen LogP contribution >= 0.6 is 0 Å². The lowest BCUT2D eigenvalue weighted by atomic mass is 9.89. The fourth-order valence-electron chi connectivity index (χ4n) is 3.82. The van der Waals surface area contributed by atoms with Crippen LogP contribution in [-0.4, -0.2) is 20.9 Å². The molecular weight excluding hydrogens is 483 g/mol. The SMILES string of the molecule is CC(Cc1ccc(C#N)cc1)(NC(=O)c1cncc(OCc2cccc(C(F)(F)F)c2)c1)c1cnc[nH]1. The molecule has 4 rings (SSSR count). The fraction of sp³-hybridized carbons (Fsp3) is 0.185. The van der Waals surface area contributed by atoms with Crippen LogP contribution in [0.3, 0.4) is 0 Å². The number of imidazole rings is 1. The van der Waals surface area contributed by atoms with E-state index in [0.717, 1.165) is 17.7 Å². The minimum absolute atomic E-state index is 0.124. The summed E-state index contributed by atoms with van der Waals surface area (Å²) in [5.74, 6) is -0.192. The van der Waals surface area contributed by atoms with Gasteiger partial charge in [-0.3, -0.25) is 9.78 Å². The lowest BCUT2D eigenvalue weighted by Gasteiger charge is -2.30. The quantitative estimate of drug-likeness (QED) is 0.344. The van der Waals surface area contributed by atoms with Crippen LogP contribution in [0, 0.1) is 11.3 Å². The van der Waals surface area contributed by atoms with Gasteiger partial charge in [-0.25, -0.2) is 4.98 Å². The molecule has 2 aromatic heterocycles. The Hall–Kier alpha value is -4.65. The van der Waals surface area contributed by atoms with Crippen LogP contribution < -0.4 is 10.1 Å². The van der Waals surface area contributed by atoms with Crippen LogP contribution in [0.4, 0.5) is 13.2 Å². The number of benzene rings is 2. The Morgan fingerprint density at radius 3 is 2.51 bits per heavy atom. The van der Waals surface area contributed by atoms with Crippen LogP contribution in [0.15, 0.2) is 79.5 Å². The molecule has 10 heteroatoms. The zero-order chi connectivity index (χ0) is 26.5. The number of hydrogen-bond acceptors (Lipinski definition) is 5. The molecule has 1 amide bonds. The van der Waals surface area contributed by atoms with Crippen LogP contribution in [0.1, 0.15) is 45.2 Å². The van der Waals surface area contributed by atoms with E-state index in [-0.39, 0.29) is 17.9 Å². The van der Waals surface area contributed by atoms with Crippen molar-refractivity contribution in [2.75, 3.05) is 0 Å². The second kappa shape index (κ2) is 10.5. The Kier molecular flexibility index (Phi) is 7.25. The monoisotopic (exact) mass is 505 g/mol. The van der Waals surface area contributed by atoms with Crippen LogP contribution in [0.25, 0.3) is 0 Å². The molecule has 0 saturated carbocycles. The molecule has 0 fully saturated rings. The maximum atomic E-state index is 13.2. The maximum Gasteiger partial charge on any atom is 0.416 e. The molecule has 37 heavy (non-hydrogen) atoms. The first-order chi connectivity index (χ1) is 17.7. The average Bonchev–Trinajstić information content (AvgIpc) is 3.44. The summed E-state index contributed by atoms with van der Waals surface area (Å²) in [5.41, 5.74) is 1.01. The molecule has 0 aliphatic heterocycles. The molecule has 0 bridgehead atoms. The number of aromatic nitrogens is 3. The average molecular weight is 506 g/mol. The van der Waals surface area contributed by atoms with E-state index >= 15 is 0 Å². The summed E-state index contributed by atoms with van der Waals surface area (Å²) in [6, 6.07) is 15.5. The van der Waals surface area contributed by atoms with Gasteiger partial charge < -0.3 is 15.0 Å². The molecular formula is C27H22F3N5O2. The third-order valence-corrected chi connectivity index (χ3v) is 5.76. The van der Waals surface area contributed by atoms with Gasteiger partial charge in [0.05, 0.1) is 52.7 Å². The van der Waals surface area contributed by atoms with E-state index in [0.29, 0.717) is 23.2 Å². The van der Waals surface area contributed by atoms with Crippen LogP contribution in [-0.2, 0) is 24.7 Å². The first-order valence-corrected chi connectivity index (χ1v) is 11.2. The second-order valence-corrected chi connectivity index (χ2v) is 8.63. The zero-order valence-electron chi connectivity index (χ0n) is 19.7. The Labute approximate surface area is 211 Å². The summed E-state index contributed by atoms with van der Waals surface area (Å²) in [7, 11) is 0. The Balaban J connectivity index is 1.49. The number of pyridine rings is 1. The molecule has 0 saturated heterocycles. The van der Waals surface area contributed by atoms with Crippen molar-refractivity contribution in [3.63, 3.8) is 0 Å². The Morgan fingerprint density at radius 2 is 1.84 bits per heavy atom. The van der Waals surface area contributed by atoms with E-state index in [1.54, 1.807) is 18.3 Å². The summed E-state index contributed by atoms with van der Waals surface area (Å²) in [6.45, 7) is 1.72. The third kappa shape index (κ3) is 6.32. The number of halogens is 3. The number of rotatable bonds is 8. The molecule has 188 valence electrons. The number of carbonyl (C=O) groups is 1. The molecule has 1 atom stereocenters. The van der Waals surface area contributed by atoms with Crippen molar-refractivity contribution < 1.29 is 22.7 Å². The predicted octanol–water partition coefficient (Wildman–Crippen LogP) is 5.16. The van der Waals surface area contributed by atoms with Gasteiger partial charge in [-0.1, -0.05) is 24.3 Å². The molecule has 2 N–H and O–H groups in total. The molecule has 0 aliphatic carbocycles. The number of amides is 1. The first kappa shape index (κ1) is 25.4. The Bertz CT molecular complexity index is 1410. The molecule has 4 aromatic rings. The van der Waals surface area contributed by atoms with Crippen LogP contribution in [0.5, 0.6) is 5.75 Å². The van der Waals surface area contributed by atoms with Crippen molar-refractivity contribution in [2.24, 2.45) is 0 Å². The number of aromatic amines is 1. The summed E-state index contributed by atoms with van der Waals surface area (Å²) in [5, 5.41) is 12.1. The van der Waals surface area contributed by atoms with E-state index in [1.165, 1.54) is 36.9 Å². The standard InChI is InChI=1S/C27H22F3N5O2/c1-26(24-15-33-17-34-24,11-18-5-7-19(12-31)8-6-18)35-25(36)21-10-23(14-32-13-21)37-16-20-3-2-4-22(9-20)27(28,29)30/h2-10,13-15,17H,11,16H2,1H3,(H,33,34)(H,35,36). The fourth-order valence-corrected chi connectivity index (χ4v) is 3.82. The van der Waals surface area contributed by atoms with E-state index in [2.05, 4.69) is 26.3 Å². The summed E-state index contributed by atoms with van der Waals surface area (Å²) in [6.07, 6.45) is 1.86. The van der Waals surface area contributed by atoms with E-state index in [4.69, 9.17) is 10.00 Å². The van der Waals surface area contributed by atoms with E-state index < -0.39 is 23.2 Å². The van der Waals surface area contributed by atoms with Gasteiger partial charge in [-0.15, -0.1) is 0 Å². The van der Waals surface area contributed by atoms with Crippen molar-refractivity contribution in [3.8, 4) is 11.8 Å². The number of alkyl halides is 3. The van der Waals surface area contributed by atoms with Gasteiger partial charge in [0.15, 0.2) is 0 Å². The molecule has 7 nitrogen and oxygen atoms in total. The summed E-state index contributed by atoms with van der Waals surface area (Å²) >= 11 is 0. The van der Waals surface area contributed by atoms with Gasteiger partial charge in [0.1, 0.15) is 12.4 Å². The molecule has 0 spiro atoms. The minimum atomic E-state index is -4.45. The van der Waals surface area contributed by atoms with Gasteiger partial charge in [-0.2, -0.15) is 18.4 Å². The largest absolute Gasteiger partial charge is 0.487 e. The highest BCUT2D eigenvalue weighted by molar-refractivity contribution is 5.94. The minimum Gasteiger partial charge on any atom is -0.487 e. The summed E-state index contributed by atoms with van der Waals surface area (Å²) < 4.78 is 44.5. The van der Waals surface area contributed by atoms with Crippen molar-refractivity contribution >= 4 is 5.91 Å². The maximum absolute atomic E-state index is 13.2. The Morgan fingerprint density at radius 1 is 1.05 bits per heavy atom. The predicted molar refractivity (Wildman–Crippen MR) is 128 cm³/mol. The van der Waals surface area contributed by atoms with E-state index in [9.17, 15) is 18.0 Å². The van der Waals surface area contributed by atoms with Gasteiger partial charge in [0, 0.05) is 12.6 Å². The molecule has 0 radical (unpaired) electrons. The molecule has 1 unspecified atom stereocenters. The molecule has 2 aromatic carbocycles. The number of hydrogen-bond donors (Lipinski definition) is 2. The zero-order valence-corrected chi connectivity index (χ0v) is 19.7. The lowest BCUT2D eigenvalue weighted by Crippen LogP contribution is -2.45. The van der Waals surface area contributed by atoms with Gasteiger partial charge in [0.2, 0.25) is 0 Å². The van der Waals surface area contributed by atoms with Gasteiger partial charge in [0.25, 0.3) is 5.91 Å². The highest BCUT2D eigenvalue weighted by Gasteiger charge is 2.32. The number of carbonyl (C=O) groups excluding carboxylic acids is 1. The number of nitrogens with one attached hydrogen (secondary N) is 2. The number of nitrogens with zero attached hydrogens (tertiary/aromatic N) is 3. The first-order valence-electron chi connectivity index (χ1n) is 11.2. The van der Waals surface area contributed by atoms with Crippen molar-refractivity contribution in [2.45, 2.75) is 31.7 Å². The smallest absolute Gasteiger partial charge is 0.416 e. The number of H-pyrrole nitrogens is 1. The summed E-state index contributed by atoms with van der Waals surface area (Å²) in [4.78, 5) is 24.4. The van der Waals surface area contributed by atoms with E-state index in [1.807, 2.05) is 19.1 Å². The van der Waals surface area contributed by atoms with Crippen molar-refractivity contribution in [3.05, 3.63) is 113 Å². The topological polar surface area (TPSA) is 104 Å². The number of nitriles is 1. The van der Waals surface area contributed by atoms with Crippen molar-refractivity contribution in [1.29, 1.82) is 5.26 Å². The highest BCUT2D eigenvalue weighted by Crippen LogP contribution is 2.30. The second-order valence-electron chi connectivity index (χ2n) is 8.63. The lowest BCUT2D eigenvalue weighted by molar-refractivity contribution is -0.137. The van der Waals surface area contributed by atoms with Gasteiger partial charge in [-0.05, 0) is 48.4 Å². The molecule has 0 aliphatic rings.